The first kappa shape index (κ1) is 15.8. The number of carboxylic acids is 1. The number of benzene rings is 1. The summed E-state index contributed by atoms with van der Waals surface area (Å²) in [7, 11) is 0. The lowest BCUT2D eigenvalue weighted by Gasteiger charge is -2.36. The molecule has 22 heavy (non-hydrogen) atoms. The van der Waals surface area contributed by atoms with E-state index in [1.807, 2.05) is 0 Å². The second-order valence-electron chi connectivity index (χ2n) is 5.30. The quantitative estimate of drug-likeness (QED) is 0.791. The van der Waals surface area contributed by atoms with Crippen LogP contribution in [-0.2, 0) is 9.59 Å². The third kappa shape index (κ3) is 3.37. The van der Waals surface area contributed by atoms with Crippen molar-refractivity contribution in [3.8, 4) is 18.1 Å². The molecule has 2 N–H and O–H groups in total. The fourth-order valence-electron chi connectivity index (χ4n) is 2.41. The van der Waals surface area contributed by atoms with Crippen LogP contribution in [0, 0.1) is 23.6 Å². The average Bonchev–Trinajstić information content (AvgIpc) is 2.42. The van der Waals surface area contributed by atoms with Gasteiger partial charge in [-0.15, -0.1) is 6.42 Å². The molecule has 0 bridgehead atoms. The molecule has 0 unspecified atom stereocenters. The van der Waals surface area contributed by atoms with Crippen LogP contribution in [0.25, 0.3) is 0 Å². The van der Waals surface area contributed by atoms with E-state index in [0.29, 0.717) is 12.8 Å². The van der Waals surface area contributed by atoms with Gasteiger partial charge in [0.25, 0.3) is 0 Å². The van der Waals surface area contributed by atoms with Crippen molar-refractivity contribution in [1.82, 2.24) is 0 Å². The predicted molar refractivity (Wildman–Crippen MR) is 77.9 cm³/mol. The van der Waals surface area contributed by atoms with Crippen LogP contribution in [0.1, 0.15) is 25.7 Å². The minimum Gasteiger partial charge on any atom is -0.481 e. The molecule has 0 atom stereocenters. The van der Waals surface area contributed by atoms with E-state index in [0.717, 1.165) is 12.5 Å². The van der Waals surface area contributed by atoms with E-state index in [1.165, 1.54) is 12.1 Å². The summed E-state index contributed by atoms with van der Waals surface area (Å²) in [5.74, 6) is 0.439. The summed E-state index contributed by atoms with van der Waals surface area (Å²) in [4.78, 5) is 23.3. The third-order valence-corrected chi connectivity index (χ3v) is 3.79. The van der Waals surface area contributed by atoms with Gasteiger partial charge in [0.05, 0.1) is 11.1 Å². The highest BCUT2D eigenvalue weighted by atomic mass is 19.1. The Morgan fingerprint density at radius 2 is 2.18 bits per heavy atom. The van der Waals surface area contributed by atoms with Crippen LogP contribution in [0.5, 0.6) is 5.75 Å². The van der Waals surface area contributed by atoms with E-state index >= 15 is 0 Å². The maximum atomic E-state index is 13.2. The van der Waals surface area contributed by atoms with Crippen molar-refractivity contribution in [3.63, 3.8) is 0 Å². The summed E-state index contributed by atoms with van der Waals surface area (Å²) >= 11 is 0. The van der Waals surface area contributed by atoms with Crippen LogP contribution in [0.3, 0.4) is 0 Å². The van der Waals surface area contributed by atoms with Crippen LogP contribution in [0.2, 0.25) is 0 Å². The minimum atomic E-state index is -0.982. The van der Waals surface area contributed by atoms with Gasteiger partial charge in [0.2, 0.25) is 5.91 Å². The summed E-state index contributed by atoms with van der Waals surface area (Å²) in [5.41, 5.74) is -0.717. The number of carbonyl (C=O) groups excluding carboxylic acids is 1. The molecule has 1 amide bonds. The van der Waals surface area contributed by atoms with Crippen LogP contribution in [-0.4, -0.2) is 23.6 Å². The normalized spacial score (nSPS) is 15.3. The lowest BCUT2D eigenvalue weighted by atomic mass is 9.66. The Morgan fingerprint density at radius 3 is 2.73 bits per heavy atom. The molecule has 1 aromatic rings. The van der Waals surface area contributed by atoms with Crippen LogP contribution < -0.4 is 10.1 Å². The Kier molecular flexibility index (Phi) is 4.66. The molecule has 0 saturated heterocycles. The molecule has 1 aliphatic rings. The summed E-state index contributed by atoms with van der Waals surface area (Å²) in [6.07, 6.45) is 6.74. The number of aliphatic carboxylic acids is 1. The molecule has 6 heteroatoms. The van der Waals surface area contributed by atoms with Gasteiger partial charge in [0, 0.05) is 12.5 Å². The molecule has 1 saturated carbocycles. The average molecular weight is 305 g/mol. The fraction of sp³-hybridized carbons (Fsp3) is 0.375. The Morgan fingerprint density at radius 1 is 1.45 bits per heavy atom. The van der Waals surface area contributed by atoms with Crippen LogP contribution in [0.15, 0.2) is 18.2 Å². The number of carbonyl (C=O) groups is 2. The van der Waals surface area contributed by atoms with Crippen molar-refractivity contribution < 1.29 is 23.8 Å². The summed E-state index contributed by atoms with van der Waals surface area (Å²) in [6.45, 7) is -0.0641. The smallest absolute Gasteiger partial charge is 0.310 e. The van der Waals surface area contributed by atoms with Gasteiger partial charge >= 0.3 is 5.97 Å². The molecule has 0 radical (unpaired) electrons. The lowest BCUT2D eigenvalue weighted by molar-refractivity contribution is -0.157. The van der Waals surface area contributed by atoms with E-state index in [9.17, 15) is 19.1 Å². The van der Waals surface area contributed by atoms with Crippen molar-refractivity contribution in [3.05, 3.63) is 24.0 Å². The summed E-state index contributed by atoms with van der Waals surface area (Å²) < 4.78 is 18.4. The van der Waals surface area contributed by atoms with Gasteiger partial charge in [-0.05, 0) is 25.0 Å². The third-order valence-electron chi connectivity index (χ3n) is 3.79. The number of hydrogen-bond acceptors (Lipinski definition) is 3. The first-order chi connectivity index (χ1) is 10.5. The van der Waals surface area contributed by atoms with E-state index in [4.69, 9.17) is 11.2 Å². The number of terminal acetylenes is 1. The number of carboxylic acid groups (broad SMARTS) is 1. The minimum absolute atomic E-state index is 0.0641. The molecule has 1 fully saturated rings. The molecule has 116 valence electrons. The largest absolute Gasteiger partial charge is 0.481 e. The van der Waals surface area contributed by atoms with E-state index < -0.39 is 23.1 Å². The van der Waals surface area contributed by atoms with Crippen molar-refractivity contribution in [2.75, 3.05) is 11.9 Å². The van der Waals surface area contributed by atoms with Crippen molar-refractivity contribution in [1.29, 1.82) is 0 Å². The Labute approximate surface area is 127 Å². The van der Waals surface area contributed by atoms with Gasteiger partial charge in [0.15, 0.2) is 0 Å². The molecular formula is C16H16FNO4. The molecular weight excluding hydrogens is 289 g/mol. The first-order valence-electron chi connectivity index (χ1n) is 6.86. The van der Waals surface area contributed by atoms with Gasteiger partial charge in [-0.25, -0.2) is 4.39 Å². The topological polar surface area (TPSA) is 75.6 Å². The molecule has 5 nitrogen and oxygen atoms in total. The first-order valence-corrected chi connectivity index (χ1v) is 6.86. The number of ether oxygens (including phenoxy) is 1. The van der Waals surface area contributed by atoms with Crippen molar-refractivity contribution >= 4 is 17.6 Å². The fourth-order valence-corrected chi connectivity index (χ4v) is 2.41. The number of anilines is 1. The predicted octanol–water partition coefficient (Wildman–Crippen LogP) is 2.42. The van der Waals surface area contributed by atoms with E-state index in [2.05, 4.69) is 11.2 Å². The second kappa shape index (κ2) is 6.48. The lowest BCUT2D eigenvalue weighted by Crippen LogP contribution is -2.41. The number of hydrogen-bond donors (Lipinski definition) is 2. The van der Waals surface area contributed by atoms with Crippen LogP contribution >= 0.6 is 0 Å². The standard InChI is InChI=1S/C16H16FNO4/c1-2-8-22-13-9-11(17)4-5-12(13)18-14(19)10-16(15(20)21)6-3-7-16/h1,4-5,9H,3,6-8,10H2,(H,18,19)(H,20,21). The number of amides is 1. The molecule has 2 rings (SSSR count). The maximum Gasteiger partial charge on any atom is 0.310 e. The SMILES string of the molecule is C#CCOc1cc(F)ccc1NC(=O)CC1(C(=O)O)CCC1. The van der Waals surface area contributed by atoms with E-state index in [-0.39, 0.29) is 24.5 Å². The zero-order valence-electron chi connectivity index (χ0n) is 11.9. The molecule has 0 spiro atoms. The molecule has 0 heterocycles. The molecule has 0 aromatic heterocycles. The number of rotatable bonds is 6. The Hall–Kier alpha value is -2.55. The second-order valence-corrected chi connectivity index (χ2v) is 5.30. The molecule has 1 aliphatic carbocycles. The highest BCUT2D eigenvalue weighted by Crippen LogP contribution is 2.44. The van der Waals surface area contributed by atoms with Crippen molar-refractivity contribution in [2.24, 2.45) is 5.41 Å². The van der Waals surface area contributed by atoms with Gasteiger partial charge in [-0.2, -0.15) is 0 Å². The van der Waals surface area contributed by atoms with Gasteiger partial charge in [0.1, 0.15) is 18.2 Å². The van der Waals surface area contributed by atoms with Gasteiger partial charge in [-0.3, -0.25) is 9.59 Å². The maximum absolute atomic E-state index is 13.2. The zero-order chi connectivity index (χ0) is 16.2. The van der Waals surface area contributed by atoms with Gasteiger partial charge < -0.3 is 15.2 Å². The molecule has 1 aromatic carbocycles. The van der Waals surface area contributed by atoms with Crippen LogP contribution in [0.4, 0.5) is 10.1 Å². The molecule has 0 aliphatic heterocycles. The van der Waals surface area contributed by atoms with Gasteiger partial charge in [-0.1, -0.05) is 12.3 Å². The monoisotopic (exact) mass is 305 g/mol. The Bertz CT molecular complexity index is 632. The highest BCUT2D eigenvalue weighted by Gasteiger charge is 2.45. The highest BCUT2D eigenvalue weighted by molar-refractivity contribution is 5.95. The summed E-state index contributed by atoms with van der Waals surface area (Å²) in [5, 5.41) is 11.8. The van der Waals surface area contributed by atoms with E-state index in [1.54, 1.807) is 0 Å². The Balaban J connectivity index is 2.08. The number of nitrogens with one attached hydrogen (secondary N) is 1. The summed E-state index contributed by atoms with van der Waals surface area (Å²) in [6, 6.07) is 3.64. The van der Waals surface area contributed by atoms with Crippen molar-refractivity contribution in [2.45, 2.75) is 25.7 Å². The number of halogens is 1. The zero-order valence-corrected chi connectivity index (χ0v) is 11.9.